The number of benzene rings is 1. The molecule has 0 saturated carbocycles. The van der Waals surface area contributed by atoms with Gasteiger partial charge >= 0.3 is 6.09 Å². The van der Waals surface area contributed by atoms with Gasteiger partial charge in [0.05, 0.1) is 20.3 Å². The molecule has 0 bridgehead atoms. The van der Waals surface area contributed by atoms with Crippen molar-refractivity contribution in [3.8, 4) is 5.75 Å². The van der Waals surface area contributed by atoms with Crippen LogP contribution in [-0.2, 0) is 4.74 Å². The van der Waals surface area contributed by atoms with E-state index in [9.17, 15) is 4.79 Å². The molecule has 0 fully saturated rings. The first-order valence-corrected chi connectivity index (χ1v) is 5.31. The lowest BCUT2D eigenvalue weighted by molar-refractivity contribution is 0.166. The fourth-order valence-corrected chi connectivity index (χ4v) is 1.59. The largest absolute Gasteiger partial charge is 0.496 e. The van der Waals surface area contributed by atoms with Crippen LogP contribution in [0, 0.1) is 0 Å². The van der Waals surface area contributed by atoms with Crippen LogP contribution >= 0.6 is 0 Å². The van der Waals surface area contributed by atoms with E-state index in [1.54, 1.807) is 13.2 Å². The molecule has 1 aromatic rings. The summed E-state index contributed by atoms with van der Waals surface area (Å²) >= 11 is 0. The summed E-state index contributed by atoms with van der Waals surface area (Å²) in [6.07, 6.45) is 1.88. The SMILES string of the molecule is C=CC[C@@H](NC(=O)OC)c1ccccc1OC. The van der Waals surface area contributed by atoms with Crippen LogP contribution in [-0.4, -0.2) is 20.3 Å². The number of hydrogen-bond acceptors (Lipinski definition) is 3. The van der Waals surface area contributed by atoms with E-state index < -0.39 is 6.09 Å². The highest BCUT2D eigenvalue weighted by molar-refractivity contribution is 5.68. The molecule has 0 aliphatic heterocycles. The minimum atomic E-state index is -0.470. The third-order valence-corrected chi connectivity index (χ3v) is 2.39. The van der Waals surface area contributed by atoms with E-state index in [1.807, 2.05) is 24.3 Å². The maximum atomic E-state index is 11.3. The van der Waals surface area contributed by atoms with Crippen LogP contribution in [0.2, 0.25) is 0 Å². The van der Waals surface area contributed by atoms with Crippen molar-refractivity contribution >= 4 is 6.09 Å². The Balaban J connectivity index is 2.95. The molecule has 17 heavy (non-hydrogen) atoms. The van der Waals surface area contributed by atoms with Crippen LogP contribution in [0.4, 0.5) is 4.79 Å². The predicted octanol–water partition coefficient (Wildman–Crippen LogP) is 2.67. The fourth-order valence-electron chi connectivity index (χ4n) is 1.59. The molecule has 0 aliphatic rings. The number of hydrogen-bond donors (Lipinski definition) is 1. The van der Waals surface area contributed by atoms with Gasteiger partial charge in [0.2, 0.25) is 0 Å². The molecule has 1 N–H and O–H groups in total. The first kappa shape index (κ1) is 13.1. The Morgan fingerprint density at radius 3 is 2.76 bits per heavy atom. The van der Waals surface area contributed by atoms with Crippen LogP contribution in [0.15, 0.2) is 36.9 Å². The topological polar surface area (TPSA) is 47.6 Å². The average molecular weight is 235 g/mol. The molecule has 0 spiro atoms. The van der Waals surface area contributed by atoms with Gasteiger partial charge in [0.1, 0.15) is 5.75 Å². The van der Waals surface area contributed by atoms with Crippen molar-refractivity contribution in [3.63, 3.8) is 0 Å². The van der Waals surface area contributed by atoms with Crippen molar-refractivity contribution in [2.24, 2.45) is 0 Å². The second-order valence-electron chi connectivity index (χ2n) is 3.45. The summed E-state index contributed by atoms with van der Waals surface area (Å²) < 4.78 is 9.86. The van der Waals surface area contributed by atoms with Crippen molar-refractivity contribution in [2.75, 3.05) is 14.2 Å². The second kappa shape index (κ2) is 6.58. The van der Waals surface area contributed by atoms with Gasteiger partial charge in [-0.15, -0.1) is 6.58 Å². The van der Waals surface area contributed by atoms with E-state index in [4.69, 9.17) is 4.74 Å². The molecule has 0 aromatic heterocycles. The number of methoxy groups -OCH3 is 2. The number of nitrogens with one attached hydrogen (secondary N) is 1. The maximum absolute atomic E-state index is 11.3. The summed E-state index contributed by atoms with van der Waals surface area (Å²) in [5.41, 5.74) is 0.903. The summed E-state index contributed by atoms with van der Waals surface area (Å²) in [7, 11) is 2.93. The number of carbonyl (C=O) groups excluding carboxylic acids is 1. The number of carbonyl (C=O) groups is 1. The molecule has 4 nitrogen and oxygen atoms in total. The van der Waals surface area contributed by atoms with Gasteiger partial charge in [-0.3, -0.25) is 0 Å². The third-order valence-electron chi connectivity index (χ3n) is 2.39. The summed E-state index contributed by atoms with van der Waals surface area (Å²) in [6.45, 7) is 3.68. The highest BCUT2D eigenvalue weighted by Crippen LogP contribution is 2.27. The van der Waals surface area contributed by atoms with Gasteiger partial charge in [-0.2, -0.15) is 0 Å². The van der Waals surface area contributed by atoms with Gasteiger partial charge in [0.25, 0.3) is 0 Å². The van der Waals surface area contributed by atoms with E-state index in [-0.39, 0.29) is 6.04 Å². The van der Waals surface area contributed by atoms with E-state index in [0.29, 0.717) is 6.42 Å². The Kier molecular flexibility index (Phi) is 5.07. The zero-order valence-corrected chi connectivity index (χ0v) is 10.1. The van der Waals surface area contributed by atoms with Gasteiger partial charge in [-0.05, 0) is 12.5 Å². The molecule has 0 radical (unpaired) electrons. The number of amides is 1. The number of para-hydroxylation sites is 1. The van der Waals surface area contributed by atoms with Crippen molar-refractivity contribution in [1.29, 1.82) is 0 Å². The van der Waals surface area contributed by atoms with Crippen molar-refractivity contribution in [1.82, 2.24) is 5.32 Å². The number of ether oxygens (including phenoxy) is 2. The molecule has 1 atom stereocenters. The number of alkyl carbamates (subject to hydrolysis) is 1. The molecule has 0 aliphatic carbocycles. The van der Waals surface area contributed by atoms with Crippen LogP contribution < -0.4 is 10.1 Å². The Morgan fingerprint density at radius 1 is 1.47 bits per heavy atom. The van der Waals surface area contributed by atoms with Crippen LogP contribution in [0.3, 0.4) is 0 Å². The molecule has 0 heterocycles. The first-order chi connectivity index (χ1) is 8.22. The molecule has 1 amide bonds. The van der Waals surface area contributed by atoms with Crippen molar-refractivity contribution in [2.45, 2.75) is 12.5 Å². The van der Waals surface area contributed by atoms with E-state index in [2.05, 4.69) is 16.6 Å². The Labute approximate surface area is 101 Å². The van der Waals surface area contributed by atoms with Crippen molar-refractivity contribution in [3.05, 3.63) is 42.5 Å². The Bertz CT molecular complexity index is 390. The average Bonchev–Trinajstić information content (AvgIpc) is 2.38. The summed E-state index contributed by atoms with van der Waals surface area (Å²) in [5, 5.41) is 2.75. The molecule has 92 valence electrons. The van der Waals surface area contributed by atoms with E-state index >= 15 is 0 Å². The zero-order valence-electron chi connectivity index (χ0n) is 10.1. The molecule has 4 heteroatoms. The maximum Gasteiger partial charge on any atom is 0.407 e. The highest BCUT2D eigenvalue weighted by atomic mass is 16.5. The van der Waals surface area contributed by atoms with Crippen LogP contribution in [0.5, 0.6) is 5.75 Å². The highest BCUT2D eigenvalue weighted by Gasteiger charge is 2.16. The van der Waals surface area contributed by atoms with Gasteiger partial charge in [0, 0.05) is 5.56 Å². The minimum Gasteiger partial charge on any atom is -0.496 e. The fraction of sp³-hybridized carbons (Fsp3) is 0.308. The van der Waals surface area contributed by atoms with Gasteiger partial charge in [0.15, 0.2) is 0 Å². The molecule has 1 aromatic carbocycles. The number of rotatable bonds is 5. The Hall–Kier alpha value is -1.97. The summed E-state index contributed by atoms with van der Waals surface area (Å²) in [4.78, 5) is 11.3. The van der Waals surface area contributed by atoms with Crippen LogP contribution in [0.1, 0.15) is 18.0 Å². The Morgan fingerprint density at radius 2 is 2.18 bits per heavy atom. The quantitative estimate of drug-likeness (QED) is 0.798. The third kappa shape index (κ3) is 3.52. The predicted molar refractivity (Wildman–Crippen MR) is 66.1 cm³/mol. The molecule has 1 rings (SSSR count). The standard InChI is InChI=1S/C13H17NO3/c1-4-7-11(14-13(15)17-3)10-8-5-6-9-12(10)16-2/h4-6,8-9,11H,1,7H2,2-3H3,(H,14,15)/t11-/m1/s1. The minimum absolute atomic E-state index is 0.198. The lowest BCUT2D eigenvalue weighted by atomic mass is 10.0. The molecular weight excluding hydrogens is 218 g/mol. The lowest BCUT2D eigenvalue weighted by Crippen LogP contribution is -2.28. The lowest BCUT2D eigenvalue weighted by Gasteiger charge is -2.19. The zero-order chi connectivity index (χ0) is 12.7. The smallest absolute Gasteiger partial charge is 0.407 e. The van der Waals surface area contributed by atoms with Gasteiger partial charge < -0.3 is 14.8 Å². The monoisotopic (exact) mass is 235 g/mol. The van der Waals surface area contributed by atoms with Gasteiger partial charge in [-0.25, -0.2) is 4.79 Å². The van der Waals surface area contributed by atoms with Crippen LogP contribution in [0.25, 0.3) is 0 Å². The van der Waals surface area contributed by atoms with Gasteiger partial charge in [-0.1, -0.05) is 24.3 Å². The molecule has 0 unspecified atom stereocenters. The van der Waals surface area contributed by atoms with E-state index in [0.717, 1.165) is 11.3 Å². The van der Waals surface area contributed by atoms with Crippen molar-refractivity contribution < 1.29 is 14.3 Å². The first-order valence-electron chi connectivity index (χ1n) is 5.31. The molecular formula is C13H17NO3. The second-order valence-corrected chi connectivity index (χ2v) is 3.45. The summed E-state index contributed by atoms with van der Waals surface area (Å²) in [6, 6.07) is 7.34. The summed E-state index contributed by atoms with van der Waals surface area (Å²) in [5.74, 6) is 0.732. The van der Waals surface area contributed by atoms with E-state index in [1.165, 1.54) is 7.11 Å². The molecule has 0 saturated heterocycles. The normalized spacial score (nSPS) is 11.4.